The van der Waals surface area contributed by atoms with Crippen molar-refractivity contribution in [2.45, 2.75) is 48.7 Å². The number of carbonyl (C=O) groups is 1. The van der Waals surface area contributed by atoms with Gasteiger partial charge in [0.25, 0.3) is 17.5 Å². The molecule has 142 valence electrons. The molecule has 2 aliphatic rings. The number of benzene rings is 1. The average molecular weight is 392 g/mol. The maximum atomic E-state index is 12.7. The van der Waals surface area contributed by atoms with E-state index in [0.29, 0.717) is 17.2 Å². The van der Waals surface area contributed by atoms with E-state index in [0.717, 1.165) is 25.7 Å². The second kappa shape index (κ2) is 7.34. The number of anilines is 1. The van der Waals surface area contributed by atoms with Crippen molar-refractivity contribution >= 4 is 23.4 Å². The highest BCUT2D eigenvalue weighted by atomic mass is 32.2. The number of nitrogens with one attached hydrogen (secondary N) is 1. The van der Waals surface area contributed by atoms with Crippen molar-refractivity contribution in [2.75, 3.05) is 5.32 Å². The molecular formula is C19H18F2N2O3S. The molecule has 1 aliphatic carbocycles. The van der Waals surface area contributed by atoms with E-state index in [1.807, 2.05) is 0 Å². The molecule has 8 heteroatoms. The number of halogens is 2. The van der Waals surface area contributed by atoms with Crippen LogP contribution in [0.3, 0.4) is 0 Å². The van der Waals surface area contributed by atoms with Gasteiger partial charge in [0, 0.05) is 30.8 Å². The lowest BCUT2D eigenvalue weighted by Gasteiger charge is -2.31. The molecule has 1 aromatic carbocycles. The fourth-order valence-electron chi connectivity index (χ4n) is 3.41. The molecule has 27 heavy (non-hydrogen) atoms. The van der Waals surface area contributed by atoms with Crippen LogP contribution < -0.4 is 14.8 Å². The number of pyridine rings is 1. The molecule has 1 aromatic heterocycles. The largest absolute Gasteiger partial charge is 0.448 e. The van der Waals surface area contributed by atoms with E-state index in [9.17, 15) is 13.6 Å². The number of hydrogen-bond acceptors (Lipinski definition) is 5. The van der Waals surface area contributed by atoms with E-state index in [-0.39, 0.29) is 22.4 Å². The highest BCUT2D eigenvalue weighted by Crippen LogP contribution is 2.46. The number of rotatable bonds is 4. The van der Waals surface area contributed by atoms with Gasteiger partial charge < -0.3 is 14.8 Å². The highest BCUT2D eigenvalue weighted by molar-refractivity contribution is 7.99. The molecular weight excluding hydrogens is 374 g/mol. The standard InChI is InChI=1S/C19H18F2N2O3S/c20-18(21)27-17-13(5-4-10-22-17)16(24)23-12-6-7-14-15(11-12)26-19(25-14)8-2-1-3-9-19/h4-7,10-11,18H,1-3,8-9H2,(H,23,24). The van der Waals surface area contributed by atoms with Crippen molar-refractivity contribution in [1.29, 1.82) is 0 Å². The summed E-state index contributed by atoms with van der Waals surface area (Å²) in [6.45, 7) is 0. The summed E-state index contributed by atoms with van der Waals surface area (Å²) in [5, 5.41) is 2.71. The summed E-state index contributed by atoms with van der Waals surface area (Å²) in [4.78, 5) is 16.4. The second-order valence-electron chi connectivity index (χ2n) is 6.53. The summed E-state index contributed by atoms with van der Waals surface area (Å²) in [6.07, 6.45) is 6.36. The smallest absolute Gasteiger partial charge is 0.290 e. The van der Waals surface area contributed by atoms with Gasteiger partial charge in [-0.15, -0.1) is 0 Å². The van der Waals surface area contributed by atoms with Gasteiger partial charge in [0.15, 0.2) is 11.5 Å². The van der Waals surface area contributed by atoms with Crippen LogP contribution in [0.5, 0.6) is 11.5 Å². The maximum Gasteiger partial charge on any atom is 0.290 e. The summed E-state index contributed by atoms with van der Waals surface area (Å²) in [6, 6.07) is 8.17. The van der Waals surface area contributed by atoms with Gasteiger partial charge in [-0.3, -0.25) is 4.79 Å². The molecule has 0 atom stereocenters. The van der Waals surface area contributed by atoms with Crippen LogP contribution in [0.2, 0.25) is 0 Å². The normalized spacial score (nSPS) is 17.3. The molecule has 1 aliphatic heterocycles. The third kappa shape index (κ3) is 3.85. The number of carbonyl (C=O) groups excluding carboxylic acids is 1. The van der Waals surface area contributed by atoms with Crippen molar-refractivity contribution in [2.24, 2.45) is 0 Å². The van der Waals surface area contributed by atoms with Gasteiger partial charge in [0.1, 0.15) is 5.03 Å². The third-order valence-electron chi connectivity index (χ3n) is 4.63. The number of amides is 1. The Labute approximate surface area is 159 Å². The Morgan fingerprint density at radius 1 is 1.15 bits per heavy atom. The fraction of sp³-hybridized carbons (Fsp3) is 0.368. The lowest BCUT2D eigenvalue weighted by atomic mass is 9.94. The summed E-state index contributed by atoms with van der Waals surface area (Å²) in [5.41, 5.74) is 0.608. The van der Waals surface area contributed by atoms with E-state index < -0.39 is 17.5 Å². The first-order valence-corrected chi connectivity index (χ1v) is 9.66. The number of hydrogen-bond donors (Lipinski definition) is 1. The molecule has 2 aromatic rings. The van der Waals surface area contributed by atoms with E-state index in [1.165, 1.54) is 24.8 Å². The van der Waals surface area contributed by atoms with Gasteiger partial charge >= 0.3 is 0 Å². The summed E-state index contributed by atoms with van der Waals surface area (Å²) >= 11 is 0.249. The second-order valence-corrected chi connectivity index (χ2v) is 7.50. The topological polar surface area (TPSA) is 60.5 Å². The number of fused-ring (bicyclic) bond motifs is 1. The molecule has 0 radical (unpaired) electrons. The maximum absolute atomic E-state index is 12.7. The zero-order chi connectivity index (χ0) is 18.9. The number of thioether (sulfide) groups is 1. The van der Waals surface area contributed by atoms with Crippen LogP contribution in [0.4, 0.5) is 14.5 Å². The lowest BCUT2D eigenvalue weighted by molar-refractivity contribution is -0.105. The predicted octanol–water partition coefficient (Wildman–Crippen LogP) is 5.08. The molecule has 1 amide bonds. The minimum Gasteiger partial charge on any atom is -0.448 e. The zero-order valence-corrected chi connectivity index (χ0v) is 15.2. The molecule has 5 nitrogen and oxygen atoms in total. The first kappa shape index (κ1) is 18.0. The van der Waals surface area contributed by atoms with Gasteiger partial charge in [0.05, 0.1) is 5.56 Å². The molecule has 1 spiro atoms. The first-order chi connectivity index (χ1) is 13.0. The van der Waals surface area contributed by atoms with E-state index in [2.05, 4.69) is 10.3 Å². The van der Waals surface area contributed by atoms with Crippen molar-refractivity contribution in [3.8, 4) is 11.5 Å². The molecule has 2 heterocycles. The third-order valence-corrected chi connectivity index (χ3v) is 5.35. The SMILES string of the molecule is O=C(Nc1ccc2c(c1)OC1(CCCCC1)O2)c1cccnc1SC(F)F. The van der Waals surface area contributed by atoms with Crippen molar-refractivity contribution in [3.05, 3.63) is 42.1 Å². The molecule has 0 bridgehead atoms. The molecule has 0 saturated heterocycles. The summed E-state index contributed by atoms with van der Waals surface area (Å²) < 4.78 is 37.4. The van der Waals surface area contributed by atoms with Gasteiger partial charge in [-0.05, 0) is 48.9 Å². The highest BCUT2D eigenvalue weighted by Gasteiger charge is 2.42. The summed E-state index contributed by atoms with van der Waals surface area (Å²) in [7, 11) is 0. The van der Waals surface area contributed by atoms with Crippen molar-refractivity contribution < 1.29 is 23.0 Å². The number of nitrogens with zero attached hydrogens (tertiary/aromatic N) is 1. The lowest BCUT2D eigenvalue weighted by Crippen LogP contribution is -2.40. The van der Waals surface area contributed by atoms with Gasteiger partial charge in [-0.25, -0.2) is 4.98 Å². The van der Waals surface area contributed by atoms with Crippen LogP contribution in [0.1, 0.15) is 42.5 Å². The van der Waals surface area contributed by atoms with Gasteiger partial charge in [-0.2, -0.15) is 8.78 Å². The summed E-state index contributed by atoms with van der Waals surface area (Å²) in [5.74, 6) is -2.50. The molecule has 1 saturated carbocycles. The van der Waals surface area contributed by atoms with E-state index in [4.69, 9.17) is 9.47 Å². The van der Waals surface area contributed by atoms with E-state index >= 15 is 0 Å². The Morgan fingerprint density at radius 2 is 1.93 bits per heavy atom. The number of alkyl halides is 2. The zero-order valence-electron chi connectivity index (χ0n) is 14.4. The molecule has 4 rings (SSSR count). The average Bonchev–Trinajstić information content (AvgIpc) is 2.98. The molecule has 1 N–H and O–H groups in total. The Kier molecular flexibility index (Phi) is 4.90. The number of ether oxygens (including phenoxy) is 2. The Balaban J connectivity index is 1.50. The molecule has 0 unspecified atom stereocenters. The Hall–Kier alpha value is -2.35. The van der Waals surface area contributed by atoms with Crippen LogP contribution >= 0.6 is 11.8 Å². The van der Waals surface area contributed by atoms with Crippen molar-refractivity contribution in [1.82, 2.24) is 4.98 Å². The minimum absolute atomic E-state index is 0.00750. The van der Waals surface area contributed by atoms with Gasteiger partial charge in [0.2, 0.25) is 0 Å². The monoisotopic (exact) mass is 392 g/mol. The van der Waals surface area contributed by atoms with Crippen LogP contribution in [-0.2, 0) is 0 Å². The first-order valence-electron chi connectivity index (χ1n) is 8.78. The predicted molar refractivity (Wildman–Crippen MR) is 97.6 cm³/mol. The van der Waals surface area contributed by atoms with Crippen LogP contribution in [0.25, 0.3) is 0 Å². The minimum atomic E-state index is -2.65. The number of aromatic nitrogens is 1. The Morgan fingerprint density at radius 3 is 2.70 bits per heavy atom. The van der Waals surface area contributed by atoms with Gasteiger partial charge in [-0.1, -0.05) is 6.42 Å². The quantitative estimate of drug-likeness (QED) is 0.735. The fourth-order valence-corrected chi connectivity index (χ4v) is 3.98. The van der Waals surface area contributed by atoms with Crippen molar-refractivity contribution in [3.63, 3.8) is 0 Å². The van der Waals surface area contributed by atoms with E-state index in [1.54, 1.807) is 18.2 Å². The Bertz CT molecular complexity index is 857. The molecule has 1 fully saturated rings. The van der Waals surface area contributed by atoms with Crippen LogP contribution in [0.15, 0.2) is 41.6 Å². The van der Waals surface area contributed by atoms with Crippen LogP contribution in [-0.4, -0.2) is 22.4 Å². The van der Waals surface area contributed by atoms with Crippen LogP contribution in [0, 0.1) is 0 Å².